The highest BCUT2D eigenvalue weighted by Gasteiger charge is 2.29. The largest absolute Gasteiger partial charge is 0.345 e. The molecule has 2 amide bonds. The highest BCUT2D eigenvalue weighted by atomic mass is 35.5. The Bertz CT molecular complexity index is 937. The van der Waals surface area contributed by atoms with E-state index in [2.05, 4.69) is 10.2 Å². The summed E-state index contributed by atoms with van der Waals surface area (Å²) in [4.78, 5) is 34.5. The minimum Gasteiger partial charge on any atom is -0.345 e. The molecule has 1 aliphatic heterocycles. The van der Waals surface area contributed by atoms with Gasteiger partial charge in [-0.1, -0.05) is 11.6 Å². The van der Waals surface area contributed by atoms with Crippen LogP contribution in [0.5, 0.6) is 0 Å². The first-order valence-corrected chi connectivity index (χ1v) is 11.2. The molecule has 0 saturated carbocycles. The Hall–Kier alpha value is -2.12. The quantitative estimate of drug-likeness (QED) is 0.805. The van der Waals surface area contributed by atoms with Crippen LogP contribution in [0.3, 0.4) is 0 Å². The Morgan fingerprint density at radius 1 is 1.24 bits per heavy atom. The molecular weight excluding hydrogens is 408 g/mol. The lowest BCUT2D eigenvalue weighted by Gasteiger charge is -2.33. The average molecular weight is 433 g/mol. The van der Waals surface area contributed by atoms with Gasteiger partial charge in [0.25, 0.3) is 0 Å². The van der Waals surface area contributed by atoms with Gasteiger partial charge >= 0.3 is 0 Å². The zero-order valence-corrected chi connectivity index (χ0v) is 18.3. The van der Waals surface area contributed by atoms with Crippen LogP contribution in [0.25, 0.3) is 0 Å². The summed E-state index contributed by atoms with van der Waals surface area (Å²) in [7, 11) is 0. The number of aryl methyl sites for hydroxylation is 2. The topological polar surface area (TPSA) is 65.5 Å². The van der Waals surface area contributed by atoms with Gasteiger partial charge in [0.2, 0.25) is 11.8 Å². The molecule has 154 valence electrons. The molecule has 0 spiro atoms. The number of hydrogen-bond donors (Lipinski definition) is 1. The zero-order chi connectivity index (χ0) is 20.5. The van der Waals surface area contributed by atoms with E-state index in [0.29, 0.717) is 5.02 Å². The summed E-state index contributed by atoms with van der Waals surface area (Å²) < 4.78 is 0. The maximum atomic E-state index is 12.8. The van der Waals surface area contributed by atoms with E-state index in [4.69, 9.17) is 16.6 Å². The Morgan fingerprint density at radius 3 is 2.69 bits per heavy atom. The van der Waals surface area contributed by atoms with E-state index < -0.39 is 0 Å². The molecule has 29 heavy (non-hydrogen) atoms. The third kappa shape index (κ3) is 4.41. The fourth-order valence-electron chi connectivity index (χ4n) is 3.94. The molecule has 1 aromatic carbocycles. The molecule has 1 aliphatic carbocycles. The standard InChI is InChI=1S/C21H25ClN4O2S/c1-13-11-16(22)4-6-17(13)23-20(28)15-3-5-18-19(12-15)29-21(24-18)26-9-7-25(8-10-26)14(2)27/h4,6,11,15H,3,5,7-10,12H2,1-2H3,(H,23,28). The van der Waals surface area contributed by atoms with Crippen LogP contribution in [0, 0.1) is 12.8 Å². The second-order valence-corrected chi connectivity index (χ2v) is 9.25. The number of anilines is 2. The van der Waals surface area contributed by atoms with Crippen molar-refractivity contribution in [2.75, 3.05) is 36.4 Å². The normalized spacial score (nSPS) is 19.1. The van der Waals surface area contributed by atoms with Crippen LogP contribution in [0.4, 0.5) is 10.8 Å². The van der Waals surface area contributed by atoms with Gasteiger partial charge in [0.1, 0.15) is 0 Å². The number of carbonyl (C=O) groups is 2. The fraction of sp³-hybridized carbons (Fsp3) is 0.476. The molecule has 0 bridgehead atoms. The van der Waals surface area contributed by atoms with Crippen LogP contribution < -0.4 is 10.2 Å². The number of aromatic nitrogens is 1. The molecule has 1 N–H and O–H groups in total. The molecule has 0 radical (unpaired) electrons. The zero-order valence-electron chi connectivity index (χ0n) is 16.7. The van der Waals surface area contributed by atoms with Gasteiger partial charge in [0.15, 0.2) is 5.13 Å². The van der Waals surface area contributed by atoms with E-state index in [1.54, 1.807) is 24.3 Å². The van der Waals surface area contributed by atoms with Crippen molar-refractivity contribution < 1.29 is 9.59 Å². The van der Waals surface area contributed by atoms with Gasteiger partial charge in [0, 0.05) is 54.6 Å². The number of nitrogens with zero attached hydrogens (tertiary/aromatic N) is 3. The Balaban J connectivity index is 1.40. The first kappa shape index (κ1) is 20.2. The maximum Gasteiger partial charge on any atom is 0.227 e. The first-order chi connectivity index (χ1) is 13.9. The molecule has 4 rings (SSSR count). The number of piperazine rings is 1. The van der Waals surface area contributed by atoms with Gasteiger partial charge in [0.05, 0.1) is 5.69 Å². The van der Waals surface area contributed by atoms with Crippen molar-refractivity contribution in [3.8, 4) is 0 Å². The molecule has 8 heteroatoms. The lowest BCUT2D eigenvalue weighted by molar-refractivity contribution is -0.129. The number of rotatable bonds is 3. The third-order valence-corrected chi connectivity index (χ3v) is 7.16. The fourth-order valence-corrected chi connectivity index (χ4v) is 5.40. The minimum atomic E-state index is -0.0413. The summed E-state index contributed by atoms with van der Waals surface area (Å²) in [6, 6.07) is 5.51. The van der Waals surface area contributed by atoms with Gasteiger partial charge in [-0.3, -0.25) is 9.59 Å². The molecule has 1 saturated heterocycles. The van der Waals surface area contributed by atoms with Crippen molar-refractivity contribution in [2.24, 2.45) is 5.92 Å². The van der Waals surface area contributed by atoms with Crippen LogP contribution in [-0.4, -0.2) is 47.9 Å². The van der Waals surface area contributed by atoms with Crippen molar-refractivity contribution in [3.63, 3.8) is 0 Å². The number of halogens is 1. The van der Waals surface area contributed by atoms with Crippen molar-refractivity contribution in [1.82, 2.24) is 9.88 Å². The summed E-state index contributed by atoms with van der Waals surface area (Å²) in [5, 5.41) is 4.75. The first-order valence-electron chi connectivity index (χ1n) is 9.97. The van der Waals surface area contributed by atoms with E-state index in [-0.39, 0.29) is 17.7 Å². The lowest BCUT2D eigenvalue weighted by atomic mass is 9.90. The van der Waals surface area contributed by atoms with Gasteiger partial charge < -0.3 is 15.1 Å². The van der Waals surface area contributed by atoms with E-state index in [9.17, 15) is 9.59 Å². The number of amides is 2. The third-order valence-electron chi connectivity index (χ3n) is 5.74. The number of thiazole rings is 1. The second kappa shape index (κ2) is 8.32. The van der Waals surface area contributed by atoms with Crippen molar-refractivity contribution in [3.05, 3.63) is 39.4 Å². The smallest absolute Gasteiger partial charge is 0.227 e. The SMILES string of the molecule is CC(=O)N1CCN(c2nc3c(s2)CC(C(=O)Nc2ccc(Cl)cc2C)CC3)CC1. The van der Waals surface area contributed by atoms with Gasteiger partial charge in [-0.05, 0) is 49.9 Å². The molecule has 1 atom stereocenters. The van der Waals surface area contributed by atoms with Crippen molar-refractivity contribution >= 4 is 45.6 Å². The summed E-state index contributed by atoms with van der Waals surface area (Å²) in [6.45, 7) is 6.67. The lowest BCUT2D eigenvalue weighted by Crippen LogP contribution is -2.48. The van der Waals surface area contributed by atoms with Crippen LogP contribution in [0.15, 0.2) is 18.2 Å². The number of benzene rings is 1. The highest BCUT2D eigenvalue weighted by Crippen LogP contribution is 2.35. The second-order valence-electron chi connectivity index (χ2n) is 7.75. The van der Waals surface area contributed by atoms with Crippen molar-refractivity contribution in [2.45, 2.75) is 33.1 Å². The Morgan fingerprint density at radius 2 is 2.00 bits per heavy atom. The summed E-state index contributed by atoms with van der Waals surface area (Å²) in [5.74, 6) is 0.152. The van der Waals surface area contributed by atoms with Crippen molar-refractivity contribution in [1.29, 1.82) is 0 Å². The highest BCUT2D eigenvalue weighted by molar-refractivity contribution is 7.15. The molecule has 1 aromatic heterocycles. The molecule has 6 nitrogen and oxygen atoms in total. The minimum absolute atomic E-state index is 0.0413. The molecule has 2 aromatic rings. The monoisotopic (exact) mass is 432 g/mol. The van der Waals surface area contributed by atoms with E-state index in [1.807, 2.05) is 24.0 Å². The van der Waals surface area contributed by atoms with E-state index in [1.165, 1.54) is 4.88 Å². The summed E-state index contributed by atoms with van der Waals surface area (Å²) >= 11 is 7.70. The van der Waals surface area contributed by atoms with Gasteiger partial charge in [-0.15, -0.1) is 11.3 Å². The molecule has 2 heterocycles. The number of hydrogen-bond acceptors (Lipinski definition) is 5. The van der Waals surface area contributed by atoms with E-state index in [0.717, 1.165) is 67.5 Å². The van der Waals surface area contributed by atoms with Crippen LogP contribution in [0.2, 0.25) is 5.02 Å². The summed E-state index contributed by atoms with van der Waals surface area (Å²) in [5.41, 5.74) is 2.91. The van der Waals surface area contributed by atoms with Crippen LogP contribution in [0.1, 0.15) is 29.5 Å². The molecular formula is C21H25ClN4O2S. The predicted molar refractivity (Wildman–Crippen MR) is 117 cm³/mol. The number of nitrogens with one attached hydrogen (secondary N) is 1. The summed E-state index contributed by atoms with van der Waals surface area (Å²) in [6.07, 6.45) is 2.38. The molecule has 2 aliphatic rings. The van der Waals surface area contributed by atoms with Crippen LogP contribution in [-0.2, 0) is 22.4 Å². The predicted octanol–water partition coefficient (Wildman–Crippen LogP) is 3.52. The van der Waals surface area contributed by atoms with Gasteiger partial charge in [-0.25, -0.2) is 4.98 Å². The number of fused-ring (bicyclic) bond motifs is 1. The number of carbonyl (C=O) groups excluding carboxylic acids is 2. The van der Waals surface area contributed by atoms with E-state index >= 15 is 0 Å². The average Bonchev–Trinajstić information content (AvgIpc) is 3.13. The molecule has 1 unspecified atom stereocenters. The van der Waals surface area contributed by atoms with Crippen LogP contribution >= 0.6 is 22.9 Å². The maximum absolute atomic E-state index is 12.8. The Kier molecular flexibility index (Phi) is 5.79. The molecule has 1 fully saturated rings. The Labute approximate surface area is 179 Å². The van der Waals surface area contributed by atoms with Gasteiger partial charge in [-0.2, -0.15) is 0 Å².